The topological polar surface area (TPSA) is 119 Å². The van der Waals surface area contributed by atoms with Crippen molar-refractivity contribution in [1.29, 1.82) is 0 Å². The monoisotopic (exact) mass is 413 g/mol. The minimum absolute atomic E-state index is 0.0521. The van der Waals surface area contributed by atoms with Gasteiger partial charge in [0.25, 0.3) is 5.69 Å². The van der Waals surface area contributed by atoms with E-state index in [1.807, 2.05) is 0 Å². The van der Waals surface area contributed by atoms with E-state index in [1.165, 1.54) is 31.4 Å². The molecular formula is C16H16ClN3O6S. The van der Waals surface area contributed by atoms with Gasteiger partial charge in [-0.2, -0.15) is 0 Å². The first-order valence-corrected chi connectivity index (χ1v) is 9.70. The van der Waals surface area contributed by atoms with Gasteiger partial charge in [0.2, 0.25) is 15.9 Å². The zero-order valence-electron chi connectivity index (χ0n) is 14.4. The molecule has 2 aromatic carbocycles. The Morgan fingerprint density at radius 2 is 2.00 bits per heavy atom. The van der Waals surface area contributed by atoms with Crippen molar-refractivity contribution in [2.75, 3.05) is 29.5 Å². The summed E-state index contributed by atoms with van der Waals surface area (Å²) in [7, 11) is -2.45. The van der Waals surface area contributed by atoms with Gasteiger partial charge in [0.15, 0.2) is 0 Å². The van der Waals surface area contributed by atoms with Crippen molar-refractivity contribution in [2.24, 2.45) is 0 Å². The van der Waals surface area contributed by atoms with Crippen molar-refractivity contribution >= 4 is 44.6 Å². The van der Waals surface area contributed by atoms with Crippen molar-refractivity contribution in [3.63, 3.8) is 0 Å². The predicted octanol–water partition coefficient (Wildman–Crippen LogP) is 2.66. The Hall–Kier alpha value is -2.85. The van der Waals surface area contributed by atoms with Gasteiger partial charge >= 0.3 is 0 Å². The summed E-state index contributed by atoms with van der Waals surface area (Å²) in [6.07, 6.45) is 0.953. The van der Waals surface area contributed by atoms with Crippen LogP contribution < -0.4 is 14.4 Å². The minimum Gasteiger partial charge on any atom is -0.495 e. The molecule has 1 N–H and O–H groups in total. The van der Waals surface area contributed by atoms with Crippen LogP contribution >= 0.6 is 11.6 Å². The van der Waals surface area contributed by atoms with Crippen LogP contribution in [0.2, 0.25) is 5.02 Å². The van der Waals surface area contributed by atoms with Gasteiger partial charge < -0.3 is 10.1 Å². The van der Waals surface area contributed by atoms with E-state index in [9.17, 15) is 23.3 Å². The van der Waals surface area contributed by atoms with Crippen molar-refractivity contribution in [3.8, 4) is 5.75 Å². The lowest BCUT2D eigenvalue weighted by atomic mass is 10.2. The predicted molar refractivity (Wildman–Crippen MR) is 102 cm³/mol. The molecule has 0 unspecified atom stereocenters. The van der Waals surface area contributed by atoms with Gasteiger partial charge in [-0.1, -0.05) is 17.7 Å². The second kappa shape index (κ2) is 8.23. The number of carbonyl (C=O) groups excluding carboxylic acids is 1. The number of hydrogen-bond donors (Lipinski definition) is 1. The van der Waals surface area contributed by atoms with E-state index in [0.717, 1.165) is 16.6 Å². The zero-order valence-corrected chi connectivity index (χ0v) is 16.0. The van der Waals surface area contributed by atoms with Crippen molar-refractivity contribution < 1.29 is 22.9 Å². The molecule has 0 atom stereocenters. The van der Waals surface area contributed by atoms with Crippen LogP contribution in [0.15, 0.2) is 42.5 Å². The number of nitrogens with zero attached hydrogens (tertiary/aromatic N) is 2. The highest BCUT2D eigenvalue weighted by molar-refractivity contribution is 7.92. The Morgan fingerprint density at radius 1 is 1.30 bits per heavy atom. The fourth-order valence-corrected chi connectivity index (χ4v) is 3.29. The highest BCUT2D eigenvalue weighted by Gasteiger charge is 2.22. The number of non-ortho nitro benzene ring substituents is 1. The number of methoxy groups -OCH3 is 1. The Kier molecular flexibility index (Phi) is 6.24. The summed E-state index contributed by atoms with van der Waals surface area (Å²) >= 11 is 5.89. The summed E-state index contributed by atoms with van der Waals surface area (Å²) in [4.78, 5) is 22.7. The number of halogens is 1. The van der Waals surface area contributed by atoms with Crippen LogP contribution in [0, 0.1) is 10.1 Å². The van der Waals surface area contributed by atoms with E-state index >= 15 is 0 Å². The molecule has 0 radical (unpaired) electrons. The molecule has 27 heavy (non-hydrogen) atoms. The maximum Gasteiger partial charge on any atom is 0.271 e. The third kappa shape index (κ3) is 5.31. The molecule has 0 saturated carbocycles. The molecule has 0 aliphatic heterocycles. The molecule has 1 amide bonds. The third-order valence-corrected chi connectivity index (χ3v) is 4.83. The van der Waals surface area contributed by atoms with Crippen molar-refractivity contribution in [2.45, 2.75) is 0 Å². The number of benzene rings is 2. The average molecular weight is 414 g/mol. The van der Waals surface area contributed by atoms with Crippen LogP contribution in [-0.2, 0) is 14.8 Å². The van der Waals surface area contributed by atoms with Crippen LogP contribution in [0.1, 0.15) is 0 Å². The average Bonchev–Trinajstić information content (AvgIpc) is 2.58. The summed E-state index contributed by atoms with van der Waals surface area (Å²) in [5.41, 5.74) is 0.0170. The minimum atomic E-state index is -3.78. The summed E-state index contributed by atoms with van der Waals surface area (Å²) in [6.45, 7) is -0.551. The molecular weight excluding hydrogens is 398 g/mol. The molecule has 0 aromatic heterocycles. The lowest BCUT2D eigenvalue weighted by Crippen LogP contribution is -2.37. The number of amides is 1. The Morgan fingerprint density at radius 3 is 2.56 bits per heavy atom. The van der Waals surface area contributed by atoms with E-state index in [-0.39, 0.29) is 22.8 Å². The van der Waals surface area contributed by atoms with E-state index in [4.69, 9.17) is 16.3 Å². The van der Waals surface area contributed by atoms with Gasteiger partial charge in [-0.05, 0) is 24.3 Å². The maximum atomic E-state index is 12.4. The Bertz CT molecular complexity index is 980. The number of nitrogens with one attached hydrogen (secondary N) is 1. The number of nitro benzene ring substituents is 1. The largest absolute Gasteiger partial charge is 0.495 e. The lowest BCUT2D eigenvalue weighted by molar-refractivity contribution is -0.384. The van der Waals surface area contributed by atoms with Gasteiger partial charge in [0.05, 0.1) is 29.7 Å². The zero-order chi connectivity index (χ0) is 20.2. The van der Waals surface area contributed by atoms with Gasteiger partial charge in [0.1, 0.15) is 12.3 Å². The van der Waals surface area contributed by atoms with Crippen LogP contribution in [-0.4, -0.2) is 39.2 Å². The molecule has 2 rings (SSSR count). The maximum absolute atomic E-state index is 12.4. The molecule has 0 aliphatic carbocycles. The van der Waals surface area contributed by atoms with Crippen molar-refractivity contribution in [1.82, 2.24) is 0 Å². The fourth-order valence-electron chi connectivity index (χ4n) is 2.26. The molecule has 0 spiro atoms. The molecule has 144 valence electrons. The van der Waals surface area contributed by atoms with Gasteiger partial charge in [-0.3, -0.25) is 19.2 Å². The quantitative estimate of drug-likeness (QED) is 0.550. The molecule has 0 aliphatic rings. The molecule has 0 bridgehead atoms. The standard InChI is InChI=1S/C16H16ClN3O6S/c1-26-15-7-6-13(20(22)23)9-14(15)18-16(21)10-19(27(2,24)25)12-5-3-4-11(17)8-12/h3-9H,10H2,1-2H3,(H,18,21). The van der Waals surface area contributed by atoms with E-state index < -0.39 is 27.4 Å². The first kappa shape index (κ1) is 20.5. The molecule has 9 nitrogen and oxygen atoms in total. The fraction of sp³-hybridized carbons (Fsp3) is 0.188. The van der Waals surface area contributed by atoms with Crippen LogP contribution in [0.5, 0.6) is 5.75 Å². The third-order valence-electron chi connectivity index (χ3n) is 3.45. The number of sulfonamides is 1. The normalized spacial score (nSPS) is 10.9. The summed E-state index contributed by atoms with van der Waals surface area (Å²) < 4.78 is 30.1. The molecule has 0 saturated heterocycles. The number of rotatable bonds is 7. The molecule has 2 aromatic rings. The van der Waals surface area contributed by atoms with Crippen LogP contribution in [0.25, 0.3) is 0 Å². The molecule has 0 fully saturated rings. The number of anilines is 2. The van der Waals surface area contributed by atoms with E-state index in [0.29, 0.717) is 5.02 Å². The van der Waals surface area contributed by atoms with Gasteiger partial charge in [-0.15, -0.1) is 0 Å². The number of carbonyl (C=O) groups is 1. The second-order valence-corrected chi connectivity index (χ2v) is 7.78. The summed E-state index contributed by atoms with van der Waals surface area (Å²) in [5.74, 6) is -0.512. The number of hydrogen-bond acceptors (Lipinski definition) is 6. The van der Waals surface area contributed by atoms with Crippen molar-refractivity contribution in [3.05, 3.63) is 57.6 Å². The lowest BCUT2D eigenvalue weighted by Gasteiger charge is -2.22. The SMILES string of the molecule is COc1ccc([N+](=O)[O-])cc1NC(=O)CN(c1cccc(Cl)c1)S(C)(=O)=O. The van der Waals surface area contributed by atoms with Crippen LogP contribution in [0.3, 0.4) is 0 Å². The number of ether oxygens (including phenoxy) is 1. The molecule has 0 heterocycles. The Balaban J connectivity index is 2.29. The number of nitro groups is 1. The van der Waals surface area contributed by atoms with E-state index in [1.54, 1.807) is 12.1 Å². The first-order chi connectivity index (χ1) is 12.6. The summed E-state index contributed by atoms with van der Waals surface area (Å²) in [5, 5.41) is 13.7. The Labute approximate surface area is 160 Å². The van der Waals surface area contributed by atoms with E-state index in [2.05, 4.69) is 5.32 Å². The van der Waals surface area contributed by atoms with Crippen LogP contribution in [0.4, 0.5) is 17.1 Å². The highest BCUT2D eigenvalue weighted by Crippen LogP contribution is 2.29. The summed E-state index contributed by atoms with van der Waals surface area (Å²) in [6, 6.07) is 9.71. The first-order valence-electron chi connectivity index (χ1n) is 7.47. The smallest absolute Gasteiger partial charge is 0.271 e. The molecule has 11 heteroatoms. The second-order valence-electron chi connectivity index (χ2n) is 5.44. The highest BCUT2D eigenvalue weighted by atomic mass is 35.5. The van der Waals surface area contributed by atoms with Gasteiger partial charge in [0, 0.05) is 17.2 Å². The van der Waals surface area contributed by atoms with Gasteiger partial charge in [-0.25, -0.2) is 8.42 Å².